The minimum Gasteiger partial charge on any atom is -0.317 e. The Labute approximate surface area is 121 Å². The molecular formula is C12H6ClF2N3O3. The summed E-state index contributed by atoms with van der Waals surface area (Å²) in [6, 6.07) is 3.89. The normalized spacial score (nSPS) is 10.2. The summed E-state index contributed by atoms with van der Waals surface area (Å²) in [6.07, 6.45) is 0.864. The van der Waals surface area contributed by atoms with Crippen LogP contribution >= 0.6 is 11.6 Å². The molecule has 0 unspecified atom stereocenters. The van der Waals surface area contributed by atoms with Crippen LogP contribution in [0, 0.1) is 21.7 Å². The maximum atomic E-state index is 13.4. The fourth-order valence-electron chi connectivity index (χ4n) is 1.49. The second-order valence-corrected chi connectivity index (χ2v) is 4.20. The van der Waals surface area contributed by atoms with E-state index >= 15 is 0 Å². The maximum absolute atomic E-state index is 13.4. The molecule has 1 aromatic heterocycles. The molecule has 0 aliphatic rings. The third-order valence-corrected chi connectivity index (χ3v) is 2.78. The van der Waals surface area contributed by atoms with Gasteiger partial charge in [0.15, 0.2) is 0 Å². The summed E-state index contributed by atoms with van der Waals surface area (Å²) in [5, 5.41) is 12.3. The fourth-order valence-corrected chi connectivity index (χ4v) is 1.68. The zero-order chi connectivity index (χ0) is 15.6. The van der Waals surface area contributed by atoms with Gasteiger partial charge in [-0.15, -0.1) is 0 Å². The second kappa shape index (κ2) is 5.80. The van der Waals surface area contributed by atoms with Crippen LogP contribution in [0.4, 0.5) is 20.2 Å². The van der Waals surface area contributed by atoms with E-state index in [1.165, 1.54) is 0 Å². The van der Waals surface area contributed by atoms with Gasteiger partial charge >= 0.3 is 0 Å². The molecule has 0 saturated heterocycles. The summed E-state index contributed by atoms with van der Waals surface area (Å²) < 4.78 is 26.8. The van der Waals surface area contributed by atoms with E-state index in [1.807, 2.05) is 5.32 Å². The first-order chi connectivity index (χ1) is 9.90. The van der Waals surface area contributed by atoms with Gasteiger partial charge in [-0.05, 0) is 12.1 Å². The highest BCUT2D eigenvalue weighted by molar-refractivity contribution is 6.33. The van der Waals surface area contributed by atoms with Crippen molar-refractivity contribution in [2.24, 2.45) is 0 Å². The predicted octanol–water partition coefficient (Wildman–Crippen LogP) is 3.17. The van der Waals surface area contributed by atoms with Gasteiger partial charge in [-0.2, -0.15) is 0 Å². The van der Waals surface area contributed by atoms with Gasteiger partial charge < -0.3 is 5.32 Å². The average Bonchev–Trinajstić information content (AvgIpc) is 2.43. The summed E-state index contributed by atoms with van der Waals surface area (Å²) in [5.74, 6) is -2.99. The highest BCUT2D eigenvalue weighted by Gasteiger charge is 2.19. The van der Waals surface area contributed by atoms with Crippen molar-refractivity contribution in [3.8, 4) is 0 Å². The van der Waals surface area contributed by atoms with E-state index in [9.17, 15) is 23.7 Å². The number of pyridine rings is 1. The lowest BCUT2D eigenvalue weighted by atomic mass is 10.2. The highest BCUT2D eigenvalue weighted by atomic mass is 35.5. The van der Waals surface area contributed by atoms with Crippen molar-refractivity contribution in [2.75, 3.05) is 5.32 Å². The zero-order valence-electron chi connectivity index (χ0n) is 10.1. The van der Waals surface area contributed by atoms with Crippen molar-refractivity contribution in [2.45, 2.75) is 0 Å². The number of nitrogens with zero attached hydrogens (tertiary/aromatic N) is 2. The predicted molar refractivity (Wildman–Crippen MR) is 70.2 cm³/mol. The van der Waals surface area contributed by atoms with E-state index in [4.69, 9.17) is 11.6 Å². The van der Waals surface area contributed by atoms with Crippen LogP contribution in [0.5, 0.6) is 0 Å². The first-order valence-electron chi connectivity index (χ1n) is 5.45. The minimum absolute atomic E-state index is 0.324. The molecule has 108 valence electrons. The number of nitrogens with one attached hydrogen (secondary N) is 1. The molecule has 1 aromatic carbocycles. The SMILES string of the molecule is O=C(Nc1c(F)cccc1F)c1cc([N+](=O)[O-])cnc1Cl. The van der Waals surface area contributed by atoms with Crippen LogP contribution in [-0.4, -0.2) is 15.8 Å². The van der Waals surface area contributed by atoms with Gasteiger partial charge in [0.1, 0.15) is 28.7 Å². The number of hydrogen-bond acceptors (Lipinski definition) is 4. The molecule has 0 bridgehead atoms. The Morgan fingerprint density at radius 3 is 2.52 bits per heavy atom. The Morgan fingerprint density at radius 1 is 1.33 bits per heavy atom. The number of para-hydroxylation sites is 1. The molecule has 1 N–H and O–H groups in total. The minimum atomic E-state index is -1.01. The lowest BCUT2D eigenvalue weighted by Crippen LogP contribution is -2.15. The number of halogens is 3. The van der Waals surface area contributed by atoms with Crippen molar-refractivity contribution in [3.63, 3.8) is 0 Å². The molecule has 6 nitrogen and oxygen atoms in total. The molecule has 2 rings (SSSR count). The van der Waals surface area contributed by atoms with Crippen molar-refractivity contribution in [3.05, 3.63) is 62.9 Å². The summed E-state index contributed by atoms with van der Waals surface area (Å²) in [7, 11) is 0. The molecule has 1 heterocycles. The number of amides is 1. The number of hydrogen-bond donors (Lipinski definition) is 1. The fraction of sp³-hybridized carbons (Fsp3) is 0. The van der Waals surface area contributed by atoms with Crippen LogP contribution in [-0.2, 0) is 0 Å². The molecule has 1 amide bonds. The molecule has 9 heteroatoms. The first-order valence-corrected chi connectivity index (χ1v) is 5.83. The van der Waals surface area contributed by atoms with Crippen molar-refractivity contribution in [1.29, 1.82) is 0 Å². The van der Waals surface area contributed by atoms with Gasteiger partial charge in [0.2, 0.25) is 0 Å². The Kier molecular flexibility index (Phi) is 4.08. The van der Waals surface area contributed by atoms with Gasteiger partial charge in [0.25, 0.3) is 11.6 Å². The molecule has 21 heavy (non-hydrogen) atoms. The van der Waals surface area contributed by atoms with E-state index in [-0.39, 0.29) is 10.7 Å². The number of rotatable bonds is 3. The Bertz CT molecular complexity index is 719. The number of nitro groups is 1. The number of anilines is 1. The molecule has 0 atom stereocenters. The standard InChI is InChI=1S/C12H6ClF2N3O3/c13-11-7(4-6(5-16-11)18(20)21)12(19)17-10-8(14)2-1-3-9(10)15/h1-5H,(H,17,19). The Morgan fingerprint density at radius 2 is 1.95 bits per heavy atom. The molecule has 0 aliphatic heterocycles. The van der Waals surface area contributed by atoms with Gasteiger partial charge in [0.05, 0.1) is 10.5 Å². The van der Waals surface area contributed by atoms with Crippen LogP contribution in [0.2, 0.25) is 5.15 Å². The van der Waals surface area contributed by atoms with E-state index < -0.39 is 33.8 Å². The van der Waals surface area contributed by atoms with E-state index in [1.54, 1.807) is 0 Å². The largest absolute Gasteiger partial charge is 0.317 e. The van der Waals surface area contributed by atoms with Gasteiger partial charge in [0, 0.05) is 6.07 Å². The topological polar surface area (TPSA) is 85.1 Å². The molecular weight excluding hydrogens is 308 g/mol. The third kappa shape index (κ3) is 3.11. The van der Waals surface area contributed by atoms with Gasteiger partial charge in [-0.25, -0.2) is 13.8 Å². The molecule has 2 aromatic rings. The van der Waals surface area contributed by atoms with Crippen LogP contribution in [0.1, 0.15) is 10.4 Å². The van der Waals surface area contributed by atoms with Crippen LogP contribution in [0.3, 0.4) is 0 Å². The summed E-state index contributed by atoms with van der Waals surface area (Å²) in [6.45, 7) is 0. The number of carbonyl (C=O) groups excluding carboxylic acids is 1. The number of aromatic nitrogens is 1. The molecule has 0 radical (unpaired) electrons. The Balaban J connectivity index is 2.37. The summed E-state index contributed by atoms with van der Waals surface area (Å²) in [4.78, 5) is 25.3. The highest BCUT2D eigenvalue weighted by Crippen LogP contribution is 2.23. The van der Waals surface area contributed by atoms with Crippen molar-refractivity contribution in [1.82, 2.24) is 4.98 Å². The monoisotopic (exact) mass is 313 g/mol. The molecule has 0 spiro atoms. The lowest BCUT2D eigenvalue weighted by Gasteiger charge is -2.08. The smallest absolute Gasteiger partial charge is 0.288 e. The third-order valence-electron chi connectivity index (χ3n) is 2.48. The van der Waals surface area contributed by atoms with Gasteiger partial charge in [-0.3, -0.25) is 14.9 Å². The van der Waals surface area contributed by atoms with Crippen LogP contribution in [0.25, 0.3) is 0 Å². The quantitative estimate of drug-likeness (QED) is 0.536. The van der Waals surface area contributed by atoms with Crippen molar-refractivity contribution >= 4 is 28.9 Å². The van der Waals surface area contributed by atoms with Crippen LogP contribution in [0.15, 0.2) is 30.5 Å². The lowest BCUT2D eigenvalue weighted by molar-refractivity contribution is -0.385. The van der Waals surface area contributed by atoms with Gasteiger partial charge in [-0.1, -0.05) is 17.7 Å². The van der Waals surface area contributed by atoms with Crippen LogP contribution < -0.4 is 5.32 Å². The Hall–Kier alpha value is -2.61. The second-order valence-electron chi connectivity index (χ2n) is 3.84. The van der Waals surface area contributed by atoms with E-state index in [2.05, 4.69) is 4.98 Å². The van der Waals surface area contributed by atoms with E-state index in [0.717, 1.165) is 30.5 Å². The molecule has 0 fully saturated rings. The number of carbonyl (C=O) groups is 1. The maximum Gasteiger partial charge on any atom is 0.288 e. The summed E-state index contributed by atoms with van der Waals surface area (Å²) in [5.41, 5.74) is -1.52. The average molecular weight is 314 g/mol. The molecule has 0 saturated carbocycles. The number of benzene rings is 1. The zero-order valence-corrected chi connectivity index (χ0v) is 10.9. The first kappa shape index (κ1) is 14.8. The summed E-state index contributed by atoms with van der Waals surface area (Å²) >= 11 is 5.66. The van der Waals surface area contributed by atoms with E-state index in [0.29, 0.717) is 0 Å². The molecule has 0 aliphatic carbocycles. The van der Waals surface area contributed by atoms with Crippen molar-refractivity contribution < 1.29 is 18.5 Å².